The van der Waals surface area contributed by atoms with Gasteiger partial charge in [0.25, 0.3) is 5.91 Å². The summed E-state index contributed by atoms with van der Waals surface area (Å²) in [6.45, 7) is 4.42. The molecule has 2 N–H and O–H groups in total. The van der Waals surface area contributed by atoms with Crippen molar-refractivity contribution in [2.24, 2.45) is 0 Å². The molecule has 35 heavy (non-hydrogen) atoms. The van der Waals surface area contributed by atoms with Crippen molar-refractivity contribution in [3.63, 3.8) is 0 Å². The van der Waals surface area contributed by atoms with Crippen molar-refractivity contribution in [2.75, 3.05) is 10.6 Å². The Hall–Kier alpha value is -4.10. The Morgan fingerprint density at radius 3 is 2.54 bits per heavy atom. The number of nitrogens with zero attached hydrogens (tertiary/aromatic N) is 3. The highest BCUT2D eigenvalue weighted by Gasteiger charge is 2.33. The van der Waals surface area contributed by atoms with Crippen LogP contribution in [0, 0.1) is 6.92 Å². The number of aryl methyl sites for hydroxylation is 1. The summed E-state index contributed by atoms with van der Waals surface area (Å²) in [5.41, 5.74) is 5.13. The van der Waals surface area contributed by atoms with Gasteiger partial charge >= 0.3 is 0 Å². The predicted molar refractivity (Wildman–Crippen MR) is 137 cm³/mol. The monoisotopic (exact) mass is 485 g/mol. The molecular formula is C27H24ClN5O2. The van der Waals surface area contributed by atoms with Crippen LogP contribution in [0.3, 0.4) is 0 Å². The Balaban J connectivity index is 1.41. The van der Waals surface area contributed by atoms with Crippen LogP contribution in [0.4, 0.5) is 11.6 Å². The average molecular weight is 486 g/mol. The first-order valence-electron chi connectivity index (χ1n) is 11.2. The number of hydrogen-bond donors (Lipinski definition) is 2. The molecule has 2 heterocycles. The van der Waals surface area contributed by atoms with Crippen LogP contribution >= 0.6 is 11.6 Å². The normalized spacial score (nSPS) is 14.8. The van der Waals surface area contributed by atoms with Gasteiger partial charge in [-0.25, -0.2) is 4.68 Å². The second kappa shape index (κ2) is 9.64. The summed E-state index contributed by atoms with van der Waals surface area (Å²) in [7, 11) is 0. The zero-order valence-electron chi connectivity index (χ0n) is 19.3. The van der Waals surface area contributed by atoms with Gasteiger partial charge in [-0.15, -0.1) is 0 Å². The lowest BCUT2D eigenvalue weighted by Gasteiger charge is -2.28. The number of benzene rings is 3. The van der Waals surface area contributed by atoms with E-state index in [1.807, 2.05) is 43.3 Å². The van der Waals surface area contributed by atoms with E-state index in [4.69, 9.17) is 16.3 Å². The highest BCUT2D eigenvalue weighted by molar-refractivity contribution is 6.30. The molecule has 0 saturated carbocycles. The molecule has 7 nitrogen and oxygen atoms in total. The van der Waals surface area contributed by atoms with E-state index in [0.29, 0.717) is 34.5 Å². The van der Waals surface area contributed by atoms with Crippen LogP contribution in [0.25, 0.3) is 0 Å². The Morgan fingerprint density at radius 2 is 1.80 bits per heavy atom. The SMILES string of the molecule is CC1=C(C(=O)Nc2ccc(Cl)cc2)C(c2ccc(OCc3ccccc3C)cc2)n2ncnc2N1. The van der Waals surface area contributed by atoms with Crippen molar-refractivity contribution in [1.82, 2.24) is 14.8 Å². The quantitative estimate of drug-likeness (QED) is 0.363. The van der Waals surface area contributed by atoms with Crippen molar-refractivity contribution < 1.29 is 9.53 Å². The fourth-order valence-corrected chi connectivity index (χ4v) is 4.23. The molecule has 0 spiro atoms. The van der Waals surface area contributed by atoms with Crippen LogP contribution in [-0.4, -0.2) is 20.7 Å². The van der Waals surface area contributed by atoms with Gasteiger partial charge in [-0.2, -0.15) is 10.1 Å². The maximum Gasteiger partial charge on any atom is 0.255 e. The van der Waals surface area contributed by atoms with E-state index >= 15 is 0 Å². The zero-order valence-corrected chi connectivity index (χ0v) is 20.1. The number of carbonyl (C=O) groups excluding carboxylic acids is 1. The molecule has 4 aromatic rings. The van der Waals surface area contributed by atoms with Crippen LogP contribution in [0.5, 0.6) is 5.75 Å². The number of rotatable bonds is 6. The maximum atomic E-state index is 13.4. The lowest BCUT2D eigenvalue weighted by Crippen LogP contribution is -2.31. The van der Waals surface area contributed by atoms with Gasteiger partial charge in [0.15, 0.2) is 0 Å². The number of aromatic nitrogens is 3. The van der Waals surface area contributed by atoms with E-state index in [2.05, 4.69) is 39.8 Å². The van der Waals surface area contributed by atoms with E-state index in [9.17, 15) is 4.79 Å². The minimum atomic E-state index is -0.452. The molecule has 0 aliphatic carbocycles. The van der Waals surface area contributed by atoms with Crippen LogP contribution in [0.1, 0.15) is 29.7 Å². The maximum absolute atomic E-state index is 13.4. The second-order valence-corrected chi connectivity index (χ2v) is 8.78. The molecule has 1 aliphatic heterocycles. The third kappa shape index (κ3) is 4.76. The topological polar surface area (TPSA) is 81.1 Å². The minimum absolute atomic E-state index is 0.233. The zero-order chi connectivity index (χ0) is 24.4. The second-order valence-electron chi connectivity index (χ2n) is 8.34. The number of carbonyl (C=O) groups is 1. The molecule has 5 rings (SSSR count). The first-order chi connectivity index (χ1) is 17.0. The summed E-state index contributed by atoms with van der Waals surface area (Å²) >= 11 is 5.98. The van der Waals surface area contributed by atoms with Gasteiger partial charge < -0.3 is 15.4 Å². The standard InChI is InChI=1S/C27H24ClN5O2/c1-17-5-3-4-6-20(17)15-35-23-13-7-19(8-14-23)25-24(18(2)31-27-29-16-30-33(25)27)26(34)32-22-11-9-21(28)10-12-22/h3-14,16,25H,15H2,1-2H3,(H,32,34)(H,29,30,31). The Kier molecular flexibility index (Phi) is 6.25. The number of halogens is 1. The Bertz CT molecular complexity index is 1390. The summed E-state index contributed by atoms with van der Waals surface area (Å²) < 4.78 is 7.72. The number of amides is 1. The molecule has 3 aromatic carbocycles. The van der Waals surface area contributed by atoms with Gasteiger partial charge in [0.1, 0.15) is 24.7 Å². The summed E-state index contributed by atoms with van der Waals surface area (Å²) in [5, 5.41) is 11.1. The average Bonchev–Trinajstić information content (AvgIpc) is 3.32. The van der Waals surface area contributed by atoms with Crippen LogP contribution in [-0.2, 0) is 11.4 Å². The largest absolute Gasteiger partial charge is 0.489 e. The molecule has 176 valence electrons. The lowest BCUT2D eigenvalue weighted by molar-refractivity contribution is -0.113. The summed E-state index contributed by atoms with van der Waals surface area (Å²) in [6.07, 6.45) is 1.47. The molecule has 0 radical (unpaired) electrons. The number of anilines is 2. The van der Waals surface area contributed by atoms with Crippen molar-refractivity contribution in [2.45, 2.75) is 26.5 Å². The molecule has 0 bridgehead atoms. The molecule has 1 aliphatic rings. The molecule has 1 amide bonds. The van der Waals surface area contributed by atoms with Crippen molar-refractivity contribution in [1.29, 1.82) is 0 Å². The van der Waals surface area contributed by atoms with Gasteiger partial charge in [0.05, 0.1) is 5.57 Å². The van der Waals surface area contributed by atoms with Crippen LogP contribution in [0.15, 0.2) is 90.4 Å². The number of ether oxygens (including phenoxy) is 1. The summed E-state index contributed by atoms with van der Waals surface area (Å²) in [4.78, 5) is 17.7. The van der Waals surface area contributed by atoms with Crippen LogP contribution < -0.4 is 15.4 Å². The van der Waals surface area contributed by atoms with Crippen molar-refractivity contribution >= 4 is 29.1 Å². The van der Waals surface area contributed by atoms with Gasteiger partial charge in [0.2, 0.25) is 5.95 Å². The smallest absolute Gasteiger partial charge is 0.255 e. The fraction of sp³-hybridized carbons (Fsp3) is 0.148. The van der Waals surface area contributed by atoms with E-state index in [-0.39, 0.29) is 5.91 Å². The number of hydrogen-bond acceptors (Lipinski definition) is 5. The number of nitrogens with one attached hydrogen (secondary N) is 2. The fourth-order valence-electron chi connectivity index (χ4n) is 4.10. The van der Waals surface area contributed by atoms with E-state index in [0.717, 1.165) is 16.9 Å². The summed E-state index contributed by atoms with van der Waals surface area (Å²) in [5.74, 6) is 1.09. The predicted octanol–water partition coefficient (Wildman–Crippen LogP) is 5.75. The van der Waals surface area contributed by atoms with Gasteiger partial charge in [-0.05, 0) is 66.9 Å². The molecule has 8 heteroatoms. The van der Waals surface area contributed by atoms with E-state index < -0.39 is 6.04 Å². The van der Waals surface area contributed by atoms with E-state index in [1.165, 1.54) is 11.9 Å². The molecule has 0 saturated heterocycles. The number of allylic oxidation sites excluding steroid dienone is 1. The lowest BCUT2D eigenvalue weighted by atomic mass is 9.95. The van der Waals surface area contributed by atoms with Crippen molar-refractivity contribution in [3.05, 3.63) is 112 Å². The third-order valence-electron chi connectivity index (χ3n) is 5.99. The minimum Gasteiger partial charge on any atom is -0.489 e. The molecular weight excluding hydrogens is 462 g/mol. The highest BCUT2D eigenvalue weighted by Crippen LogP contribution is 2.36. The first kappa shape index (κ1) is 22.7. The number of fused-ring (bicyclic) bond motifs is 1. The van der Waals surface area contributed by atoms with Gasteiger partial charge in [0, 0.05) is 16.4 Å². The molecule has 1 atom stereocenters. The molecule has 1 unspecified atom stereocenters. The van der Waals surface area contributed by atoms with E-state index in [1.54, 1.807) is 28.9 Å². The van der Waals surface area contributed by atoms with Gasteiger partial charge in [-0.3, -0.25) is 4.79 Å². The third-order valence-corrected chi connectivity index (χ3v) is 6.24. The molecule has 0 fully saturated rings. The van der Waals surface area contributed by atoms with Crippen LogP contribution in [0.2, 0.25) is 5.02 Å². The Labute approximate surface area is 208 Å². The van der Waals surface area contributed by atoms with Gasteiger partial charge in [-0.1, -0.05) is 48.0 Å². The first-order valence-corrected chi connectivity index (χ1v) is 11.6. The van der Waals surface area contributed by atoms with Crippen molar-refractivity contribution in [3.8, 4) is 5.75 Å². The Morgan fingerprint density at radius 1 is 1.06 bits per heavy atom. The summed E-state index contributed by atoms with van der Waals surface area (Å²) in [6, 6.07) is 22.4. The molecule has 1 aromatic heterocycles. The highest BCUT2D eigenvalue weighted by atomic mass is 35.5.